The second kappa shape index (κ2) is 7.53. The normalized spacial score (nSPS) is 12.9. The quantitative estimate of drug-likeness (QED) is 0.651. The van der Waals surface area contributed by atoms with E-state index in [4.69, 9.17) is 11.3 Å². The highest BCUT2D eigenvalue weighted by atomic mass is 19.1. The number of hydrogen-bond acceptors (Lipinski definition) is 3. The maximum atomic E-state index is 13.9. The van der Waals surface area contributed by atoms with Crippen molar-refractivity contribution in [3.8, 4) is 5.88 Å². The first-order valence-corrected chi connectivity index (χ1v) is 8.84. The zero-order chi connectivity index (χ0) is 19.5. The van der Waals surface area contributed by atoms with Gasteiger partial charge in [-0.05, 0) is 23.8 Å². The van der Waals surface area contributed by atoms with E-state index in [9.17, 15) is 9.18 Å². The van der Waals surface area contributed by atoms with Gasteiger partial charge in [0, 0.05) is 12.6 Å². The summed E-state index contributed by atoms with van der Waals surface area (Å²) in [5.41, 5.74) is 2.36. The molecular weight excluding hydrogens is 359 g/mol. The Labute approximate surface area is 161 Å². The molecule has 0 atom stereocenters. The van der Waals surface area contributed by atoms with Gasteiger partial charge in [0.25, 0.3) is 5.91 Å². The predicted molar refractivity (Wildman–Crippen MR) is 100 cm³/mol. The molecule has 0 bridgehead atoms. The Balaban J connectivity index is 1.44. The number of hydrogen-bond donors (Lipinski definition) is 0. The van der Waals surface area contributed by atoms with E-state index in [2.05, 4.69) is 9.94 Å². The standard InChI is InChI=1S/C21H17FN4O2/c1-23-16-6-4-5-15(11-16)14-28-20-12-17-13-25(9-10-26(17)24-20)21(27)18-7-2-3-8-19(18)22/h2-8,11-12H,9-10,13-14H2. The largest absolute Gasteiger partial charge is 0.472 e. The molecule has 2 heterocycles. The third-order valence-corrected chi connectivity index (χ3v) is 4.59. The van der Waals surface area contributed by atoms with E-state index in [1.165, 1.54) is 12.1 Å². The predicted octanol–water partition coefficient (Wildman–Crippen LogP) is 3.81. The Morgan fingerprint density at radius 2 is 2.04 bits per heavy atom. The molecule has 3 aromatic rings. The van der Waals surface area contributed by atoms with E-state index >= 15 is 0 Å². The summed E-state index contributed by atoms with van der Waals surface area (Å²) in [6.45, 7) is 8.69. The van der Waals surface area contributed by atoms with Crippen LogP contribution < -0.4 is 4.74 Å². The van der Waals surface area contributed by atoms with Gasteiger partial charge < -0.3 is 9.64 Å². The van der Waals surface area contributed by atoms with Crippen molar-refractivity contribution >= 4 is 11.6 Å². The van der Waals surface area contributed by atoms with Gasteiger partial charge in [0.15, 0.2) is 5.69 Å². The number of rotatable bonds is 4. The lowest BCUT2D eigenvalue weighted by molar-refractivity contribution is 0.0701. The van der Waals surface area contributed by atoms with Crippen LogP contribution in [0.25, 0.3) is 4.85 Å². The van der Waals surface area contributed by atoms with Crippen LogP contribution >= 0.6 is 0 Å². The molecule has 0 spiro atoms. The molecule has 4 rings (SSSR count). The zero-order valence-electron chi connectivity index (χ0n) is 15.0. The van der Waals surface area contributed by atoms with Crippen molar-refractivity contribution in [3.05, 3.63) is 88.7 Å². The van der Waals surface area contributed by atoms with Crippen LogP contribution in [0.15, 0.2) is 54.6 Å². The first kappa shape index (κ1) is 17.7. The first-order chi connectivity index (χ1) is 13.6. The van der Waals surface area contributed by atoms with Crippen molar-refractivity contribution < 1.29 is 13.9 Å². The molecule has 1 aliphatic rings. The minimum Gasteiger partial charge on any atom is -0.472 e. The molecular formula is C21H17FN4O2. The summed E-state index contributed by atoms with van der Waals surface area (Å²) in [7, 11) is 0. The Morgan fingerprint density at radius 1 is 1.18 bits per heavy atom. The van der Waals surface area contributed by atoms with Crippen molar-refractivity contribution in [2.45, 2.75) is 19.7 Å². The van der Waals surface area contributed by atoms with Gasteiger partial charge in [-0.2, -0.15) is 0 Å². The van der Waals surface area contributed by atoms with Gasteiger partial charge in [0.1, 0.15) is 12.4 Å². The van der Waals surface area contributed by atoms with Crippen LogP contribution in [-0.4, -0.2) is 27.1 Å². The van der Waals surface area contributed by atoms with Gasteiger partial charge in [-0.25, -0.2) is 9.24 Å². The fourth-order valence-electron chi connectivity index (χ4n) is 3.16. The van der Waals surface area contributed by atoms with Gasteiger partial charge in [-0.15, -0.1) is 5.10 Å². The van der Waals surface area contributed by atoms with E-state index in [1.807, 2.05) is 12.1 Å². The van der Waals surface area contributed by atoms with Gasteiger partial charge >= 0.3 is 0 Å². The molecule has 0 saturated heterocycles. The first-order valence-electron chi connectivity index (χ1n) is 8.84. The second-order valence-electron chi connectivity index (χ2n) is 6.47. The number of ether oxygens (including phenoxy) is 1. The Bertz CT molecular complexity index is 1070. The molecule has 0 N–H and O–H groups in total. The lowest BCUT2D eigenvalue weighted by atomic mass is 10.1. The molecule has 28 heavy (non-hydrogen) atoms. The fraction of sp³-hybridized carbons (Fsp3) is 0.190. The van der Waals surface area contributed by atoms with Gasteiger partial charge in [0.2, 0.25) is 5.88 Å². The zero-order valence-corrected chi connectivity index (χ0v) is 15.0. The van der Waals surface area contributed by atoms with E-state index in [0.717, 1.165) is 11.3 Å². The Kier molecular flexibility index (Phi) is 4.77. The molecule has 0 unspecified atom stereocenters. The number of benzene rings is 2. The molecule has 0 radical (unpaired) electrons. The summed E-state index contributed by atoms with van der Waals surface area (Å²) in [6, 6.07) is 15.0. The highest BCUT2D eigenvalue weighted by Gasteiger charge is 2.25. The summed E-state index contributed by atoms with van der Waals surface area (Å²) >= 11 is 0. The molecule has 1 amide bonds. The van der Waals surface area contributed by atoms with E-state index in [1.54, 1.807) is 39.9 Å². The van der Waals surface area contributed by atoms with Crippen molar-refractivity contribution in [2.24, 2.45) is 0 Å². The highest BCUT2D eigenvalue weighted by Crippen LogP contribution is 2.22. The van der Waals surface area contributed by atoms with Crippen LogP contribution in [0.4, 0.5) is 10.1 Å². The average Bonchev–Trinajstić information content (AvgIpc) is 3.14. The molecule has 140 valence electrons. The Hall–Kier alpha value is -3.66. The molecule has 0 aliphatic carbocycles. The maximum Gasteiger partial charge on any atom is 0.257 e. The number of carbonyl (C=O) groups is 1. The second-order valence-corrected chi connectivity index (χ2v) is 6.47. The summed E-state index contributed by atoms with van der Waals surface area (Å²) in [5.74, 6) is -0.385. The molecule has 1 aliphatic heterocycles. The molecule has 2 aromatic carbocycles. The minimum atomic E-state index is -0.516. The summed E-state index contributed by atoms with van der Waals surface area (Å²) in [5, 5.41) is 4.41. The topological polar surface area (TPSA) is 51.7 Å². The smallest absolute Gasteiger partial charge is 0.257 e. The maximum absolute atomic E-state index is 13.9. The lowest BCUT2D eigenvalue weighted by Crippen LogP contribution is -2.38. The number of halogens is 1. The Morgan fingerprint density at radius 3 is 2.86 bits per heavy atom. The highest BCUT2D eigenvalue weighted by molar-refractivity contribution is 5.94. The number of nitrogens with zero attached hydrogens (tertiary/aromatic N) is 4. The van der Waals surface area contributed by atoms with Crippen molar-refractivity contribution in [1.82, 2.24) is 14.7 Å². The van der Waals surface area contributed by atoms with Gasteiger partial charge in [-0.1, -0.05) is 30.3 Å². The summed E-state index contributed by atoms with van der Waals surface area (Å²) in [4.78, 5) is 17.6. The molecule has 6 nitrogen and oxygen atoms in total. The molecule has 1 aromatic heterocycles. The molecule has 7 heteroatoms. The van der Waals surface area contributed by atoms with Crippen LogP contribution in [0.3, 0.4) is 0 Å². The van der Waals surface area contributed by atoms with Crippen LogP contribution in [0.5, 0.6) is 5.88 Å². The van der Waals surface area contributed by atoms with Crippen LogP contribution in [0, 0.1) is 12.4 Å². The molecule has 0 fully saturated rings. The SMILES string of the molecule is [C-]#[N+]c1cccc(COc2cc3n(n2)CCN(C(=O)c2ccccc2F)C3)c1. The van der Waals surface area contributed by atoms with Crippen molar-refractivity contribution in [1.29, 1.82) is 0 Å². The number of carbonyl (C=O) groups excluding carboxylic acids is 1. The van der Waals surface area contributed by atoms with E-state index in [0.29, 0.717) is 37.8 Å². The van der Waals surface area contributed by atoms with Gasteiger partial charge in [0.05, 0.1) is 30.9 Å². The lowest BCUT2D eigenvalue weighted by Gasteiger charge is -2.27. The van der Waals surface area contributed by atoms with Gasteiger partial charge in [-0.3, -0.25) is 9.48 Å². The minimum absolute atomic E-state index is 0.0756. The monoisotopic (exact) mass is 376 g/mol. The number of fused-ring (bicyclic) bond motifs is 1. The van der Waals surface area contributed by atoms with E-state index < -0.39 is 5.82 Å². The summed E-state index contributed by atoms with van der Waals surface area (Å²) in [6.07, 6.45) is 0. The third-order valence-electron chi connectivity index (χ3n) is 4.59. The van der Waals surface area contributed by atoms with Crippen molar-refractivity contribution in [3.63, 3.8) is 0 Å². The summed E-state index contributed by atoms with van der Waals surface area (Å²) < 4.78 is 21.5. The number of amides is 1. The number of aromatic nitrogens is 2. The molecule has 0 saturated carbocycles. The van der Waals surface area contributed by atoms with E-state index in [-0.39, 0.29) is 11.5 Å². The van der Waals surface area contributed by atoms with Crippen LogP contribution in [0.2, 0.25) is 0 Å². The third kappa shape index (κ3) is 3.58. The van der Waals surface area contributed by atoms with Crippen molar-refractivity contribution in [2.75, 3.05) is 6.54 Å². The van der Waals surface area contributed by atoms with Crippen LogP contribution in [0.1, 0.15) is 21.6 Å². The van der Waals surface area contributed by atoms with Crippen LogP contribution in [-0.2, 0) is 19.7 Å². The fourth-order valence-corrected chi connectivity index (χ4v) is 3.16. The average molecular weight is 376 g/mol.